The molecule has 3 N–H and O–H groups in total. The number of benzene rings is 3. The number of carbonyl (C=O) groups is 1. The minimum Gasteiger partial charge on any atom is -0.497 e. The Labute approximate surface area is 234 Å². The molecular weight excluding hydrogens is 510 g/mol. The molecule has 0 aromatic heterocycles. The van der Waals surface area contributed by atoms with Crippen molar-refractivity contribution in [1.29, 1.82) is 0 Å². The fraction of sp³-hybridized carbons (Fsp3) is 0.290. The van der Waals surface area contributed by atoms with E-state index in [0.717, 1.165) is 11.1 Å². The van der Waals surface area contributed by atoms with Crippen molar-refractivity contribution in [2.75, 3.05) is 27.4 Å². The highest BCUT2D eigenvalue weighted by atomic mass is 16.5. The predicted molar refractivity (Wildman–Crippen MR) is 153 cm³/mol. The number of hydrazine groups is 1. The van der Waals surface area contributed by atoms with E-state index in [1.54, 1.807) is 20.3 Å². The maximum atomic E-state index is 13.9. The summed E-state index contributed by atoms with van der Waals surface area (Å²) < 4.78 is 22.9. The molecule has 0 fully saturated rings. The summed E-state index contributed by atoms with van der Waals surface area (Å²) in [6.45, 7) is 4.73. The summed E-state index contributed by atoms with van der Waals surface area (Å²) in [4.78, 5) is 18.8. The SMILES string of the molecule is C=CC[C@]1(C(=O)NNCc2ccccc2OC)N=C(c2ccc(OCCCO)cc2)O[C@H]1c1cccc(OC)c1. The van der Waals surface area contributed by atoms with Crippen LogP contribution < -0.4 is 25.1 Å². The normalized spacial score (nSPS) is 17.9. The van der Waals surface area contributed by atoms with Gasteiger partial charge in [-0.2, -0.15) is 0 Å². The highest BCUT2D eigenvalue weighted by Gasteiger charge is 2.52. The first-order chi connectivity index (χ1) is 19.5. The van der Waals surface area contributed by atoms with Crippen LogP contribution >= 0.6 is 0 Å². The molecule has 210 valence electrons. The van der Waals surface area contributed by atoms with Crippen molar-refractivity contribution in [3.05, 3.63) is 102 Å². The smallest absolute Gasteiger partial charge is 0.266 e. The van der Waals surface area contributed by atoms with Crippen molar-refractivity contribution in [3.8, 4) is 17.2 Å². The summed E-state index contributed by atoms with van der Waals surface area (Å²) in [5, 5.41) is 8.99. The topological polar surface area (TPSA) is 111 Å². The lowest BCUT2D eigenvalue weighted by Gasteiger charge is -2.30. The van der Waals surface area contributed by atoms with Crippen LogP contribution in [0.25, 0.3) is 0 Å². The summed E-state index contributed by atoms with van der Waals surface area (Å²) in [5.74, 6) is 1.98. The van der Waals surface area contributed by atoms with E-state index in [9.17, 15) is 4.79 Å². The Morgan fingerprint density at radius 1 is 1.07 bits per heavy atom. The molecule has 0 unspecified atom stereocenters. The molecule has 1 amide bonds. The molecule has 3 aromatic carbocycles. The second kappa shape index (κ2) is 13.6. The fourth-order valence-corrected chi connectivity index (χ4v) is 4.52. The molecule has 3 aromatic rings. The average Bonchev–Trinajstić information content (AvgIpc) is 3.38. The first-order valence-corrected chi connectivity index (χ1v) is 13.0. The van der Waals surface area contributed by atoms with Crippen LogP contribution in [0.1, 0.15) is 35.6 Å². The number of hydrogen-bond donors (Lipinski definition) is 3. The number of carbonyl (C=O) groups excluding carboxylic acids is 1. The van der Waals surface area contributed by atoms with Crippen molar-refractivity contribution < 1.29 is 28.8 Å². The molecule has 0 saturated heterocycles. The van der Waals surface area contributed by atoms with Gasteiger partial charge in [-0.25, -0.2) is 10.4 Å². The van der Waals surface area contributed by atoms with Crippen LogP contribution in [0.3, 0.4) is 0 Å². The molecule has 0 spiro atoms. The van der Waals surface area contributed by atoms with Crippen molar-refractivity contribution in [2.24, 2.45) is 4.99 Å². The van der Waals surface area contributed by atoms with Gasteiger partial charge in [0.05, 0.1) is 20.8 Å². The van der Waals surface area contributed by atoms with Crippen LogP contribution in [-0.2, 0) is 16.1 Å². The van der Waals surface area contributed by atoms with Gasteiger partial charge in [0.25, 0.3) is 5.91 Å². The van der Waals surface area contributed by atoms with Gasteiger partial charge >= 0.3 is 0 Å². The van der Waals surface area contributed by atoms with Gasteiger partial charge in [-0.05, 0) is 48.0 Å². The zero-order valence-electron chi connectivity index (χ0n) is 22.8. The number of rotatable bonds is 14. The van der Waals surface area contributed by atoms with Gasteiger partial charge in [0.1, 0.15) is 17.2 Å². The van der Waals surface area contributed by atoms with Gasteiger partial charge < -0.3 is 24.1 Å². The molecule has 2 atom stereocenters. The zero-order valence-corrected chi connectivity index (χ0v) is 22.8. The molecule has 1 aliphatic rings. The lowest BCUT2D eigenvalue weighted by Crippen LogP contribution is -2.52. The molecule has 0 saturated carbocycles. The first-order valence-electron chi connectivity index (χ1n) is 13.0. The summed E-state index contributed by atoms with van der Waals surface area (Å²) in [6, 6.07) is 22.3. The number of nitrogens with one attached hydrogen (secondary N) is 2. The number of aliphatic imine (C=N–C) groups is 1. The van der Waals surface area contributed by atoms with Crippen molar-refractivity contribution >= 4 is 11.8 Å². The second-order valence-electron chi connectivity index (χ2n) is 9.18. The first kappa shape index (κ1) is 28.7. The van der Waals surface area contributed by atoms with Crippen molar-refractivity contribution in [2.45, 2.75) is 31.0 Å². The maximum Gasteiger partial charge on any atom is 0.266 e. The van der Waals surface area contributed by atoms with Gasteiger partial charge in [-0.1, -0.05) is 36.4 Å². The molecule has 9 heteroatoms. The third-order valence-corrected chi connectivity index (χ3v) is 6.56. The summed E-state index contributed by atoms with van der Waals surface area (Å²) in [7, 11) is 3.20. The van der Waals surface area contributed by atoms with E-state index in [0.29, 0.717) is 48.3 Å². The van der Waals surface area contributed by atoms with E-state index in [-0.39, 0.29) is 18.9 Å². The molecule has 1 heterocycles. The maximum absolute atomic E-state index is 13.9. The Bertz CT molecular complexity index is 1330. The lowest BCUT2D eigenvalue weighted by molar-refractivity contribution is -0.129. The monoisotopic (exact) mass is 545 g/mol. The van der Waals surface area contributed by atoms with Gasteiger partial charge in [0.2, 0.25) is 5.90 Å². The molecule has 9 nitrogen and oxygen atoms in total. The zero-order chi connectivity index (χ0) is 28.4. The number of para-hydroxylation sites is 1. The molecule has 4 rings (SSSR count). The van der Waals surface area contributed by atoms with E-state index in [2.05, 4.69) is 17.4 Å². The molecule has 0 radical (unpaired) electrons. The Balaban J connectivity index is 1.63. The average molecular weight is 546 g/mol. The van der Waals surface area contributed by atoms with Crippen LogP contribution in [0.15, 0.2) is 90.4 Å². The number of amides is 1. The molecule has 0 aliphatic carbocycles. The van der Waals surface area contributed by atoms with Crippen LogP contribution in [0.2, 0.25) is 0 Å². The Kier molecular flexibility index (Phi) is 9.77. The minimum absolute atomic E-state index is 0.0651. The Morgan fingerprint density at radius 3 is 2.60 bits per heavy atom. The van der Waals surface area contributed by atoms with Crippen LogP contribution in [-0.4, -0.2) is 49.9 Å². The quantitative estimate of drug-likeness (QED) is 0.159. The highest BCUT2D eigenvalue weighted by molar-refractivity contribution is 6.01. The number of methoxy groups -OCH3 is 2. The molecular formula is C31H35N3O6. The van der Waals surface area contributed by atoms with Crippen molar-refractivity contribution in [1.82, 2.24) is 10.9 Å². The third-order valence-electron chi connectivity index (χ3n) is 6.56. The highest BCUT2D eigenvalue weighted by Crippen LogP contribution is 2.43. The number of ether oxygens (including phenoxy) is 4. The van der Waals surface area contributed by atoms with Gasteiger partial charge in [-0.15, -0.1) is 6.58 Å². The van der Waals surface area contributed by atoms with E-state index in [1.165, 1.54) is 0 Å². The van der Waals surface area contributed by atoms with Gasteiger partial charge in [0, 0.05) is 37.1 Å². The predicted octanol–water partition coefficient (Wildman–Crippen LogP) is 4.12. The molecule has 40 heavy (non-hydrogen) atoms. The van der Waals surface area contributed by atoms with Gasteiger partial charge in [-0.3, -0.25) is 10.2 Å². The van der Waals surface area contributed by atoms with Crippen LogP contribution in [0.4, 0.5) is 0 Å². The van der Waals surface area contributed by atoms with Crippen molar-refractivity contribution in [3.63, 3.8) is 0 Å². The number of hydrogen-bond acceptors (Lipinski definition) is 8. The summed E-state index contributed by atoms with van der Waals surface area (Å²) >= 11 is 0. The van der Waals surface area contributed by atoms with Crippen LogP contribution in [0.5, 0.6) is 17.2 Å². The molecule has 1 aliphatic heterocycles. The minimum atomic E-state index is -1.34. The van der Waals surface area contributed by atoms with E-state index < -0.39 is 11.6 Å². The molecule has 0 bridgehead atoms. The van der Waals surface area contributed by atoms with E-state index in [4.69, 9.17) is 29.0 Å². The largest absolute Gasteiger partial charge is 0.497 e. The Morgan fingerprint density at radius 2 is 1.88 bits per heavy atom. The Hall–Kier alpha value is -4.34. The van der Waals surface area contributed by atoms with Crippen LogP contribution in [0, 0.1) is 0 Å². The third kappa shape index (κ3) is 6.44. The fourth-order valence-electron chi connectivity index (χ4n) is 4.52. The number of nitrogens with zero attached hydrogens (tertiary/aromatic N) is 1. The van der Waals surface area contributed by atoms with E-state index >= 15 is 0 Å². The number of aliphatic hydroxyl groups excluding tert-OH is 1. The lowest BCUT2D eigenvalue weighted by atomic mass is 9.84. The van der Waals surface area contributed by atoms with E-state index in [1.807, 2.05) is 72.8 Å². The standard InChI is InChI=1S/C31H35N3O6/c1-4-17-31(30(36)34-32-21-24-9-5-6-12-27(24)38-3)28(23-10-7-11-26(20-23)37-2)40-29(33-31)22-13-15-25(16-14-22)39-19-8-18-35/h4-7,9-16,20,28,32,35H,1,8,17-19,21H2,2-3H3,(H,34,36)/t28-,31-/m0/s1. The summed E-state index contributed by atoms with van der Waals surface area (Å²) in [5.41, 5.74) is 6.84. The summed E-state index contributed by atoms with van der Waals surface area (Å²) in [6.07, 6.45) is 1.69. The van der Waals surface area contributed by atoms with Gasteiger partial charge in [0.15, 0.2) is 11.6 Å². The second-order valence-corrected chi connectivity index (χ2v) is 9.18. The number of aliphatic hydroxyl groups is 1.